The largest absolute Gasteiger partial charge is 0.490 e. The molecule has 30 heavy (non-hydrogen) atoms. The second-order valence-electron chi connectivity index (χ2n) is 8.29. The van der Waals surface area contributed by atoms with E-state index in [0.29, 0.717) is 31.9 Å². The highest BCUT2D eigenvalue weighted by molar-refractivity contribution is 6.08. The van der Waals surface area contributed by atoms with Crippen molar-refractivity contribution >= 4 is 17.8 Å². The summed E-state index contributed by atoms with van der Waals surface area (Å²) in [4.78, 5) is 39.4. The molecule has 0 atom stereocenters. The van der Waals surface area contributed by atoms with E-state index in [1.54, 1.807) is 13.1 Å². The van der Waals surface area contributed by atoms with Crippen LogP contribution >= 0.6 is 0 Å². The summed E-state index contributed by atoms with van der Waals surface area (Å²) in [7, 11) is 1.80. The number of carbonyl (C=O) groups is 3. The van der Waals surface area contributed by atoms with Gasteiger partial charge in [-0.2, -0.15) is 5.01 Å². The highest BCUT2D eigenvalue weighted by Gasteiger charge is 2.52. The lowest BCUT2D eigenvalue weighted by Gasteiger charge is -2.33. The van der Waals surface area contributed by atoms with Crippen LogP contribution in [-0.2, 0) is 16.1 Å². The summed E-state index contributed by atoms with van der Waals surface area (Å²) in [5.74, 6) is 0.530. The zero-order chi connectivity index (χ0) is 21.7. The molecule has 1 saturated carbocycles. The zero-order valence-electron chi connectivity index (χ0n) is 17.6. The van der Waals surface area contributed by atoms with E-state index in [1.165, 1.54) is 0 Å². The predicted octanol–water partition coefficient (Wildman–Crippen LogP) is 2.22. The van der Waals surface area contributed by atoms with E-state index in [0.717, 1.165) is 29.2 Å². The summed E-state index contributed by atoms with van der Waals surface area (Å²) in [5, 5.41) is 3.64. The number of ether oxygens (including phenoxy) is 1. The molecular weight excluding hydrogens is 384 g/mol. The van der Waals surface area contributed by atoms with Crippen molar-refractivity contribution in [3.8, 4) is 5.75 Å². The number of amides is 4. The van der Waals surface area contributed by atoms with Crippen molar-refractivity contribution in [1.82, 2.24) is 20.7 Å². The quantitative estimate of drug-likeness (QED) is 0.503. The van der Waals surface area contributed by atoms with Gasteiger partial charge < -0.3 is 10.1 Å². The van der Waals surface area contributed by atoms with E-state index in [1.807, 2.05) is 29.2 Å². The lowest BCUT2D eigenvalue weighted by atomic mass is 9.77. The standard InChI is InChI=1S/C22H30N4O4/c1-4-13-30-18-7-5-17(6-8-18)14-25(3)15-19(27)24-26-20(28)22(23-21(26)29)11-9-16(2)10-12-22/h4-8,16H,1,9-15H2,2-3H3,(H,23,29)(H,24,27). The van der Waals surface area contributed by atoms with Crippen LogP contribution in [0.15, 0.2) is 36.9 Å². The van der Waals surface area contributed by atoms with Crippen molar-refractivity contribution in [1.29, 1.82) is 0 Å². The van der Waals surface area contributed by atoms with Crippen LogP contribution in [0.2, 0.25) is 0 Å². The van der Waals surface area contributed by atoms with Gasteiger partial charge in [0.2, 0.25) is 0 Å². The summed E-state index contributed by atoms with van der Waals surface area (Å²) in [6, 6.07) is 7.03. The molecule has 1 aliphatic carbocycles. The smallest absolute Gasteiger partial charge is 0.344 e. The molecular formula is C22H30N4O4. The molecule has 3 rings (SSSR count). The van der Waals surface area contributed by atoms with Gasteiger partial charge in [-0.05, 0) is 56.3 Å². The molecule has 2 aliphatic rings. The Morgan fingerprint density at radius 2 is 2.00 bits per heavy atom. The first kappa shape index (κ1) is 21.8. The van der Waals surface area contributed by atoms with Crippen molar-refractivity contribution in [2.24, 2.45) is 5.92 Å². The van der Waals surface area contributed by atoms with Gasteiger partial charge in [0.1, 0.15) is 17.9 Å². The number of likely N-dealkylation sites (N-methyl/N-ethyl adjacent to an activating group) is 1. The maximum Gasteiger partial charge on any atom is 0.344 e. The first-order valence-corrected chi connectivity index (χ1v) is 10.3. The minimum absolute atomic E-state index is 0.0514. The van der Waals surface area contributed by atoms with E-state index in [2.05, 4.69) is 24.2 Å². The van der Waals surface area contributed by atoms with E-state index in [-0.39, 0.29) is 12.5 Å². The fourth-order valence-electron chi connectivity index (χ4n) is 3.93. The Balaban J connectivity index is 1.50. The van der Waals surface area contributed by atoms with E-state index >= 15 is 0 Å². The van der Waals surface area contributed by atoms with Gasteiger partial charge in [-0.3, -0.25) is 19.9 Å². The predicted molar refractivity (Wildman–Crippen MR) is 112 cm³/mol. The van der Waals surface area contributed by atoms with E-state index in [9.17, 15) is 14.4 Å². The average Bonchev–Trinajstić information content (AvgIpc) is 2.94. The highest BCUT2D eigenvalue weighted by atomic mass is 16.5. The number of hydrazine groups is 1. The highest BCUT2D eigenvalue weighted by Crippen LogP contribution is 2.35. The molecule has 8 nitrogen and oxygen atoms in total. The van der Waals surface area contributed by atoms with Crippen LogP contribution in [0, 0.1) is 5.92 Å². The summed E-state index contributed by atoms with van der Waals surface area (Å²) in [6.45, 7) is 6.80. The lowest BCUT2D eigenvalue weighted by molar-refractivity contribution is -0.140. The average molecular weight is 415 g/mol. The number of carbonyl (C=O) groups excluding carboxylic acids is 3. The van der Waals surface area contributed by atoms with Gasteiger partial charge in [0, 0.05) is 6.54 Å². The van der Waals surface area contributed by atoms with Gasteiger partial charge in [0.15, 0.2) is 0 Å². The lowest BCUT2D eigenvalue weighted by Crippen LogP contribution is -2.52. The Morgan fingerprint density at radius 3 is 2.63 bits per heavy atom. The summed E-state index contributed by atoms with van der Waals surface area (Å²) in [6.07, 6.45) is 4.67. The van der Waals surface area contributed by atoms with Gasteiger partial charge in [0.25, 0.3) is 11.8 Å². The molecule has 1 aromatic carbocycles. The van der Waals surface area contributed by atoms with Crippen molar-refractivity contribution in [3.63, 3.8) is 0 Å². The third kappa shape index (κ3) is 4.99. The summed E-state index contributed by atoms with van der Waals surface area (Å²) in [5.41, 5.74) is 2.62. The summed E-state index contributed by atoms with van der Waals surface area (Å²) < 4.78 is 5.46. The molecule has 1 saturated heterocycles. The Hall–Kier alpha value is -2.87. The monoisotopic (exact) mass is 414 g/mol. The minimum Gasteiger partial charge on any atom is -0.490 e. The van der Waals surface area contributed by atoms with Gasteiger partial charge in [0.05, 0.1) is 6.54 Å². The van der Waals surface area contributed by atoms with Crippen molar-refractivity contribution in [2.75, 3.05) is 20.2 Å². The molecule has 0 unspecified atom stereocenters. The van der Waals surface area contributed by atoms with Crippen LogP contribution in [0.1, 0.15) is 38.2 Å². The number of imide groups is 1. The molecule has 1 aliphatic heterocycles. The molecule has 1 heterocycles. The van der Waals surface area contributed by atoms with Gasteiger partial charge >= 0.3 is 6.03 Å². The topological polar surface area (TPSA) is 91.0 Å². The Bertz CT molecular complexity index is 800. The SMILES string of the molecule is C=CCOc1ccc(CN(C)CC(=O)NN2C(=O)NC3(CCC(C)CC3)C2=O)cc1. The normalized spacial score (nSPS) is 23.6. The number of hydrogen-bond acceptors (Lipinski definition) is 5. The van der Waals surface area contributed by atoms with Gasteiger partial charge in [-0.1, -0.05) is 31.7 Å². The molecule has 8 heteroatoms. The van der Waals surface area contributed by atoms with E-state index < -0.39 is 17.5 Å². The fraction of sp³-hybridized carbons (Fsp3) is 0.500. The molecule has 0 aromatic heterocycles. The van der Waals surface area contributed by atoms with Crippen LogP contribution in [0.5, 0.6) is 5.75 Å². The van der Waals surface area contributed by atoms with Crippen LogP contribution in [0.25, 0.3) is 0 Å². The Labute approximate surface area is 177 Å². The second-order valence-corrected chi connectivity index (χ2v) is 8.29. The van der Waals surface area contributed by atoms with Crippen LogP contribution in [0.4, 0.5) is 4.79 Å². The molecule has 1 aromatic rings. The van der Waals surface area contributed by atoms with Crippen molar-refractivity contribution in [2.45, 2.75) is 44.7 Å². The number of urea groups is 1. The van der Waals surface area contributed by atoms with Crippen LogP contribution < -0.4 is 15.5 Å². The molecule has 0 radical (unpaired) electrons. The van der Waals surface area contributed by atoms with Gasteiger partial charge in [-0.15, -0.1) is 0 Å². The Kier molecular flexibility index (Phi) is 6.77. The van der Waals surface area contributed by atoms with Gasteiger partial charge in [-0.25, -0.2) is 4.79 Å². The summed E-state index contributed by atoms with van der Waals surface area (Å²) >= 11 is 0. The molecule has 2 N–H and O–H groups in total. The molecule has 0 bridgehead atoms. The van der Waals surface area contributed by atoms with E-state index in [4.69, 9.17) is 4.74 Å². The third-order valence-corrected chi connectivity index (χ3v) is 5.68. The molecule has 1 spiro atoms. The number of rotatable bonds is 8. The van der Waals surface area contributed by atoms with Crippen LogP contribution in [0.3, 0.4) is 0 Å². The molecule has 4 amide bonds. The number of benzene rings is 1. The maximum atomic E-state index is 12.8. The number of nitrogens with zero attached hydrogens (tertiary/aromatic N) is 2. The first-order valence-electron chi connectivity index (χ1n) is 10.3. The zero-order valence-corrected chi connectivity index (χ0v) is 17.6. The van der Waals surface area contributed by atoms with Crippen molar-refractivity contribution < 1.29 is 19.1 Å². The maximum absolute atomic E-state index is 12.8. The van der Waals surface area contributed by atoms with Crippen LogP contribution in [-0.4, -0.2) is 53.5 Å². The minimum atomic E-state index is -0.863. The molecule has 2 fully saturated rings. The Morgan fingerprint density at radius 1 is 1.33 bits per heavy atom. The number of nitrogens with one attached hydrogen (secondary N) is 2. The fourth-order valence-corrected chi connectivity index (χ4v) is 3.93. The second kappa shape index (κ2) is 9.30. The number of hydrogen-bond donors (Lipinski definition) is 2. The third-order valence-electron chi connectivity index (χ3n) is 5.68. The first-order chi connectivity index (χ1) is 14.3. The molecule has 162 valence electrons. The van der Waals surface area contributed by atoms with Crippen molar-refractivity contribution in [3.05, 3.63) is 42.5 Å².